The van der Waals surface area contributed by atoms with Gasteiger partial charge in [-0.3, -0.25) is 9.59 Å². The molecule has 2 fully saturated rings. The Kier molecular flexibility index (Phi) is 6.80. The van der Waals surface area contributed by atoms with E-state index >= 15 is 0 Å². The third-order valence-electron chi connectivity index (χ3n) is 3.55. The van der Waals surface area contributed by atoms with E-state index in [0.717, 1.165) is 5.82 Å². The molecule has 2 heterocycles. The molecule has 0 spiro atoms. The summed E-state index contributed by atoms with van der Waals surface area (Å²) in [6.07, 6.45) is 0. The minimum Gasteiger partial charge on any atom is -0.412 e. The van der Waals surface area contributed by atoms with E-state index in [1.807, 2.05) is 0 Å². The van der Waals surface area contributed by atoms with Crippen molar-refractivity contribution in [1.82, 2.24) is 9.80 Å². The van der Waals surface area contributed by atoms with E-state index in [0.29, 0.717) is 58.2 Å². The van der Waals surface area contributed by atoms with E-state index in [1.54, 1.807) is 0 Å². The Morgan fingerprint density at radius 2 is 1.10 bits per heavy atom. The van der Waals surface area contributed by atoms with Crippen molar-refractivity contribution in [2.24, 2.45) is 0 Å². The molecule has 2 saturated heterocycles. The fraction of sp³-hybridized carbons (Fsp3) is 0.714. The van der Waals surface area contributed by atoms with Crippen molar-refractivity contribution in [3.05, 3.63) is 11.4 Å². The molecule has 0 aromatic carbocycles. The van der Waals surface area contributed by atoms with Crippen molar-refractivity contribution in [2.75, 3.05) is 52.6 Å². The van der Waals surface area contributed by atoms with Crippen LogP contribution in [0.3, 0.4) is 0 Å². The number of carbonyl (C=O) groups is 2. The molecular formula is C14H24N2O5. The van der Waals surface area contributed by atoms with Crippen molar-refractivity contribution in [2.45, 2.75) is 13.8 Å². The summed E-state index contributed by atoms with van der Waals surface area (Å²) in [7, 11) is 0. The van der Waals surface area contributed by atoms with Crippen molar-refractivity contribution in [3.8, 4) is 0 Å². The number of hydrogen-bond donors (Lipinski definition) is 0. The summed E-state index contributed by atoms with van der Waals surface area (Å²) in [6.45, 7) is 8.22. The molecule has 0 amide bonds. The first kappa shape index (κ1) is 17.6. The van der Waals surface area contributed by atoms with Crippen LogP contribution in [0.15, 0.2) is 11.4 Å². The molecule has 0 radical (unpaired) electrons. The zero-order chi connectivity index (χ0) is 14.5. The lowest BCUT2D eigenvalue weighted by atomic mass is 10.1. The van der Waals surface area contributed by atoms with Gasteiger partial charge in [-0.25, -0.2) is 0 Å². The molecule has 0 aliphatic carbocycles. The Morgan fingerprint density at radius 1 is 0.762 bits per heavy atom. The lowest BCUT2D eigenvalue weighted by molar-refractivity contribution is -0.120. The van der Waals surface area contributed by atoms with Crippen molar-refractivity contribution in [3.63, 3.8) is 0 Å². The van der Waals surface area contributed by atoms with Crippen LogP contribution in [0.1, 0.15) is 13.8 Å². The average molecular weight is 300 g/mol. The Bertz CT molecular complexity index is 374. The van der Waals surface area contributed by atoms with Crippen molar-refractivity contribution < 1.29 is 24.5 Å². The van der Waals surface area contributed by atoms with Gasteiger partial charge in [-0.1, -0.05) is 0 Å². The summed E-state index contributed by atoms with van der Waals surface area (Å²) < 4.78 is 10.7. The molecule has 2 aliphatic rings. The minimum absolute atomic E-state index is 0. The number of ether oxygens (including phenoxy) is 2. The van der Waals surface area contributed by atoms with E-state index in [9.17, 15) is 9.59 Å². The number of Topliss-reactive ketones (excluding diaryl/α,β-unsaturated/α-hetero) is 2. The highest BCUT2D eigenvalue weighted by Gasteiger charge is 2.28. The molecule has 0 atom stereocenters. The highest BCUT2D eigenvalue weighted by molar-refractivity contribution is 6.18. The Morgan fingerprint density at radius 3 is 1.38 bits per heavy atom. The van der Waals surface area contributed by atoms with E-state index in [4.69, 9.17) is 9.47 Å². The number of carbonyl (C=O) groups excluding carboxylic acids is 2. The van der Waals surface area contributed by atoms with Crippen LogP contribution < -0.4 is 0 Å². The SMILES string of the molecule is CC(=O)C(C(C)=O)=C(N1CCOCC1)N1CCOCC1.O. The number of morpholine rings is 2. The largest absolute Gasteiger partial charge is 0.412 e. The van der Waals surface area contributed by atoms with Crippen molar-refractivity contribution >= 4 is 11.6 Å². The lowest BCUT2D eigenvalue weighted by Gasteiger charge is -2.40. The molecule has 2 aliphatic heterocycles. The second-order valence-electron chi connectivity index (χ2n) is 5.01. The third kappa shape index (κ3) is 4.26. The van der Waals surface area contributed by atoms with Gasteiger partial charge in [0.2, 0.25) is 0 Å². The normalized spacial score (nSPS) is 18.8. The summed E-state index contributed by atoms with van der Waals surface area (Å²) in [4.78, 5) is 28.0. The van der Waals surface area contributed by atoms with Gasteiger partial charge in [0.15, 0.2) is 11.6 Å². The van der Waals surface area contributed by atoms with Gasteiger partial charge in [-0.2, -0.15) is 0 Å². The molecular weight excluding hydrogens is 276 g/mol. The predicted octanol–water partition coefficient (Wildman–Crippen LogP) is -0.784. The summed E-state index contributed by atoms with van der Waals surface area (Å²) in [5.74, 6) is 0.410. The van der Waals surface area contributed by atoms with Gasteiger partial charge in [0.05, 0.1) is 26.4 Å². The second kappa shape index (κ2) is 8.11. The van der Waals surface area contributed by atoms with Crippen LogP contribution in [0, 0.1) is 0 Å². The van der Waals surface area contributed by atoms with Crippen LogP contribution in [0.4, 0.5) is 0 Å². The van der Waals surface area contributed by atoms with E-state index < -0.39 is 0 Å². The number of ketones is 2. The zero-order valence-corrected chi connectivity index (χ0v) is 12.7. The molecule has 0 unspecified atom stereocenters. The van der Waals surface area contributed by atoms with Gasteiger partial charge in [-0.05, 0) is 13.8 Å². The number of rotatable bonds is 4. The van der Waals surface area contributed by atoms with Gasteiger partial charge < -0.3 is 24.7 Å². The van der Waals surface area contributed by atoms with Crippen LogP contribution in [0.25, 0.3) is 0 Å². The summed E-state index contributed by atoms with van der Waals surface area (Å²) >= 11 is 0. The quantitative estimate of drug-likeness (QED) is 0.384. The van der Waals surface area contributed by atoms with Crippen LogP contribution >= 0.6 is 0 Å². The smallest absolute Gasteiger partial charge is 0.167 e. The van der Waals surface area contributed by atoms with Gasteiger partial charge in [0.1, 0.15) is 11.4 Å². The highest BCUT2D eigenvalue weighted by atomic mass is 16.5. The standard InChI is InChI=1S/C14H22N2O4.H2O/c1-11(17)13(12(2)18)14(15-3-7-19-8-4-15)16-5-9-20-10-6-16;/h3-10H2,1-2H3;1H2. The number of hydrogen-bond acceptors (Lipinski definition) is 6. The van der Waals surface area contributed by atoms with Crippen LogP contribution in [0.2, 0.25) is 0 Å². The molecule has 7 nitrogen and oxygen atoms in total. The van der Waals surface area contributed by atoms with Gasteiger partial charge >= 0.3 is 0 Å². The van der Waals surface area contributed by atoms with E-state index in [1.165, 1.54) is 13.8 Å². The zero-order valence-electron chi connectivity index (χ0n) is 12.7. The fourth-order valence-electron chi connectivity index (χ4n) is 2.63. The first-order chi connectivity index (χ1) is 9.61. The summed E-state index contributed by atoms with van der Waals surface area (Å²) in [5, 5.41) is 0. The van der Waals surface area contributed by atoms with E-state index in [-0.39, 0.29) is 17.0 Å². The maximum atomic E-state index is 11.9. The predicted molar refractivity (Wildman–Crippen MR) is 76.8 cm³/mol. The lowest BCUT2D eigenvalue weighted by Crippen LogP contribution is -2.47. The topological polar surface area (TPSA) is 90.6 Å². The minimum atomic E-state index is -0.175. The number of allylic oxidation sites excluding steroid dienone is 1. The molecule has 120 valence electrons. The van der Waals surface area contributed by atoms with Gasteiger partial charge in [0, 0.05) is 26.2 Å². The molecule has 0 saturated carbocycles. The molecule has 0 aromatic heterocycles. The second-order valence-corrected chi connectivity index (χ2v) is 5.01. The highest BCUT2D eigenvalue weighted by Crippen LogP contribution is 2.20. The first-order valence-electron chi connectivity index (χ1n) is 7.03. The fourth-order valence-corrected chi connectivity index (χ4v) is 2.63. The van der Waals surface area contributed by atoms with Gasteiger partial charge in [-0.15, -0.1) is 0 Å². The molecule has 0 bridgehead atoms. The molecule has 2 rings (SSSR count). The van der Waals surface area contributed by atoms with Gasteiger partial charge in [0.25, 0.3) is 0 Å². The molecule has 2 N–H and O–H groups in total. The third-order valence-corrected chi connectivity index (χ3v) is 3.55. The maximum Gasteiger partial charge on any atom is 0.167 e. The Balaban J connectivity index is 0.00000220. The molecule has 0 aromatic rings. The molecule has 7 heteroatoms. The van der Waals surface area contributed by atoms with E-state index in [2.05, 4.69) is 9.80 Å². The van der Waals surface area contributed by atoms with Crippen LogP contribution in [-0.2, 0) is 19.1 Å². The summed E-state index contributed by atoms with van der Waals surface area (Å²) in [5.41, 5.74) is 0.300. The first-order valence-corrected chi connectivity index (χ1v) is 7.03. The van der Waals surface area contributed by atoms with Crippen LogP contribution in [-0.4, -0.2) is 79.4 Å². The Labute approximate surface area is 124 Å². The van der Waals surface area contributed by atoms with Crippen LogP contribution in [0.5, 0.6) is 0 Å². The average Bonchev–Trinajstić information content (AvgIpc) is 2.45. The maximum absolute atomic E-state index is 11.9. The molecule has 21 heavy (non-hydrogen) atoms. The Hall–Kier alpha value is -1.44. The van der Waals surface area contributed by atoms with Crippen molar-refractivity contribution in [1.29, 1.82) is 0 Å². The number of nitrogens with zero attached hydrogens (tertiary/aromatic N) is 2. The summed E-state index contributed by atoms with van der Waals surface area (Å²) in [6, 6.07) is 0. The monoisotopic (exact) mass is 300 g/mol.